The van der Waals surface area contributed by atoms with E-state index in [2.05, 4.69) is 58.4 Å². The predicted molar refractivity (Wildman–Crippen MR) is 105 cm³/mol. The highest BCUT2D eigenvalue weighted by molar-refractivity contribution is 5.15. The van der Waals surface area contributed by atoms with Crippen molar-refractivity contribution in [1.29, 1.82) is 0 Å². The van der Waals surface area contributed by atoms with Crippen LogP contribution < -0.4 is 0 Å². The first-order valence-corrected chi connectivity index (χ1v) is 9.76. The van der Waals surface area contributed by atoms with Crippen molar-refractivity contribution in [2.45, 2.75) is 38.8 Å². The van der Waals surface area contributed by atoms with Crippen LogP contribution in [0.25, 0.3) is 0 Å². The maximum Gasteiger partial charge on any atom is 0.0638 e. The smallest absolute Gasteiger partial charge is 0.0638 e. The van der Waals surface area contributed by atoms with E-state index in [1.165, 1.54) is 17.5 Å². The standard InChI is InChI=1S/C21H32N4O/c1-18-20(15-23(2)22-18)16-24-12-13-25(21(17-24)10-14-26)11-6-9-19-7-4-3-5-8-19/h3-5,7-8,15,21,26H,6,9-14,16-17H2,1-2H3. The van der Waals surface area contributed by atoms with Crippen LogP contribution in [0, 0.1) is 6.92 Å². The molecule has 1 saturated heterocycles. The molecule has 26 heavy (non-hydrogen) atoms. The minimum atomic E-state index is 0.264. The van der Waals surface area contributed by atoms with Gasteiger partial charge in [0.05, 0.1) is 5.69 Å². The Bertz CT molecular complexity index is 670. The van der Waals surface area contributed by atoms with Crippen LogP contribution in [0.2, 0.25) is 0 Å². The summed E-state index contributed by atoms with van der Waals surface area (Å²) in [5.41, 5.74) is 3.85. The zero-order chi connectivity index (χ0) is 18.4. The van der Waals surface area contributed by atoms with E-state index in [0.29, 0.717) is 6.04 Å². The van der Waals surface area contributed by atoms with E-state index in [-0.39, 0.29) is 6.61 Å². The molecule has 0 radical (unpaired) electrons. The molecule has 0 bridgehead atoms. The van der Waals surface area contributed by atoms with Gasteiger partial charge < -0.3 is 5.11 Å². The summed E-state index contributed by atoms with van der Waals surface area (Å²) in [7, 11) is 1.98. The molecule has 1 aliphatic rings. The molecule has 2 heterocycles. The van der Waals surface area contributed by atoms with E-state index in [1.807, 2.05) is 11.7 Å². The van der Waals surface area contributed by atoms with Crippen LogP contribution in [0.4, 0.5) is 0 Å². The number of hydrogen-bond acceptors (Lipinski definition) is 4. The first-order valence-electron chi connectivity index (χ1n) is 9.76. The molecule has 5 nitrogen and oxygen atoms in total. The molecule has 0 aliphatic carbocycles. The van der Waals surface area contributed by atoms with Crippen molar-refractivity contribution in [3.05, 3.63) is 53.3 Å². The van der Waals surface area contributed by atoms with Crippen molar-refractivity contribution in [1.82, 2.24) is 19.6 Å². The van der Waals surface area contributed by atoms with Gasteiger partial charge in [-0.2, -0.15) is 5.10 Å². The molecule has 1 fully saturated rings. The second kappa shape index (κ2) is 9.31. The van der Waals surface area contributed by atoms with Crippen molar-refractivity contribution in [2.75, 3.05) is 32.8 Å². The minimum Gasteiger partial charge on any atom is -0.396 e. The Labute approximate surface area is 157 Å². The summed E-state index contributed by atoms with van der Waals surface area (Å²) in [6, 6.07) is 11.2. The van der Waals surface area contributed by atoms with E-state index in [1.54, 1.807) is 0 Å². The zero-order valence-electron chi connectivity index (χ0n) is 16.1. The van der Waals surface area contributed by atoms with E-state index in [0.717, 1.165) is 51.3 Å². The second-order valence-corrected chi connectivity index (χ2v) is 7.44. The van der Waals surface area contributed by atoms with E-state index in [9.17, 15) is 5.11 Å². The molecule has 5 heteroatoms. The van der Waals surface area contributed by atoms with Crippen LogP contribution >= 0.6 is 0 Å². The highest BCUT2D eigenvalue weighted by Crippen LogP contribution is 2.17. The van der Waals surface area contributed by atoms with Gasteiger partial charge in [-0.3, -0.25) is 14.5 Å². The fourth-order valence-corrected chi connectivity index (χ4v) is 3.99. The normalized spacial score (nSPS) is 19.1. The average Bonchev–Trinajstić information content (AvgIpc) is 2.95. The fourth-order valence-electron chi connectivity index (χ4n) is 3.99. The first kappa shape index (κ1) is 19.1. The van der Waals surface area contributed by atoms with E-state index >= 15 is 0 Å². The molecular formula is C21H32N4O. The molecule has 0 saturated carbocycles. The lowest BCUT2D eigenvalue weighted by Gasteiger charge is -2.41. The Morgan fingerprint density at radius 1 is 1.19 bits per heavy atom. The van der Waals surface area contributed by atoms with Gasteiger partial charge in [0.2, 0.25) is 0 Å². The molecule has 1 unspecified atom stereocenters. The molecule has 2 aromatic rings. The Balaban J connectivity index is 1.51. The fraction of sp³-hybridized carbons (Fsp3) is 0.571. The third-order valence-corrected chi connectivity index (χ3v) is 5.41. The Morgan fingerprint density at radius 2 is 2.00 bits per heavy atom. The van der Waals surface area contributed by atoms with E-state index < -0.39 is 0 Å². The maximum absolute atomic E-state index is 9.50. The Morgan fingerprint density at radius 3 is 2.69 bits per heavy atom. The molecule has 1 aromatic carbocycles. The molecule has 1 aromatic heterocycles. The maximum atomic E-state index is 9.50. The van der Waals surface area contributed by atoms with Gasteiger partial charge in [-0.15, -0.1) is 0 Å². The number of benzene rings is 1. The average molecular weight is 357 g/mol. The van der Waals surface area contributed by atoms with Gasteiger partial charge in [-0.25, -0.2) is 0 Å². The summed E-state index contributed by atoms with van der Waals surface area (Å²) in [4.78, 5) is 5.09. The second-order valence-electron chi connectivity index (χ2n) is 7.44. The summed E-state index contributed by atoms with van der Waals surface area (Å²) >= 11 is 0. The number of aromatic nitrogens is 2. The number of hydrogen-bond donors (Lipinski definition) is 1. The summed E-state index contributed by atoms with van der Waals surface area (Å²) in [5.74, 6) is 0. The van der Waals surface area contributed by atoms with Crippen LogP contribution in [0.5, 0.6) is 0 Å². The summed E-state index contributed by atoms with van der Waals surface area (Å²) in [6.07, 6.45) is 5.28. The Hall–Kier alpha value is -1.69. The van der Waals surface area contributed by atoms with Gasteiger partial charge in [0, 0.05) is 57.6 Å². The van der Waals surface area contributed by atoms with Gasteiger partial charge in [0.1, 0.15) is 0 Å². The molecule has 1 atom stereocenters. The number of aliphatic hydroxyl groups is 1. The minimum absolute atomic E-state index is 0.264. The van der Waals surface area contributed by atoms with Crippen molar-refractivity contribution >= 4 is 0 Å². The number of aryl methyl sites for hydroxylation is 3. The topological polar surface area (TPSA) is 44.5 Å². The lowest BCUT2D eigenvalue weighted by Crippen LogP contribution is -2.53. The summed E-state index contributed by atoms with van der Waals surface area (Å²) in [5, 5.41) is 14.0. The van der Waals surface area contributed by atoms with Crippen LogP contribution in [0.1, 0.15) is 29.7 Å². The highest BCUT2D eigenvalue weighted by Gasteiger charge is 2.26. The number of rotatable bonds is 8. The lowest BCUT2D eigenvalue weighted by atomic mass is 10.1. The third kappa shape index (κ3) is 5.16. The van der Waals surface area contributed by atoms with Crippen molar-refractivity contribution in [3.63, 3.8) is 0 Å². The zero-order valence-corrected chi connectivity index (χ0v) is 16.1. The summed E-state index contributed by atoms with van der Waals surface area (Å²) in [6.45, 7) is 7.61. The third-order valence-electron chi connectivity index (χ3n) is 5.41. The summed E-state index contributed by atoms with van der Waals surface area (Å²) < 4.78 is 1.90. The lowest BCUT2D eigenvalue weighted by molar-refractivity contribution is 0.0546. The van der Waals surface area contributed by atoms with Gasteiger partial charge in [0.15, 0.2) is 0 Å². The van der Waals surface area contributed by atoms with Crippen molar-refractivity contribution < 1.29 is 5.11 Å². The number of nitrogens with zero attached hydrogens (tertiary/aromatic N) is 4. The number of aliphatic hydroxyl groups excluding tert-OH is 1. The first-order chi connectivity index (χ1) is 12.7. The SMILES string of the molecule is Cc1nn(C)cc1CN1CCN(CCCc2ccccc2)C(CCO)C1. The molecule has 1 N–H and O–H groups in total. The van der Waals surface area contributed by atoms with Crippen molar-refractivity contribution in [2.24, 2.45) is 7.05 Å². The van der Waals surface area contributed by atoms with E-state index in [4.69, 9.17) is 0 Å². The highest BCUT2D eigenvalue weighted by atomic mass is 16.3. The molecule has 1 aliphatic heterocycles. The molecule has 0 amide bonds. The van der Waals surface area contributed by atoms with Gasteiger partial charge in [-0.05, 0) is 38.3 Å². The molecular weight excluding hydrogens is 324 g/mol. The Kier molecular flexibility index (Phi) is 6.83. The van der Waals surface area contributed by atoms with Crippen LogP contribution in [0.15, 0.2) is 36.5 Å². The molecule has 142 valence electrons. The van der Waals surface area contributed by atoms with Crippen LogP contribution in [0.3, 0.4) is 0 Å². The molecule has 3 rings (SSSR count). The molecule has 0 spiro atoms. The van der Waals surface area contributed by atoms with Crippen molar-refractivity contribution in [3.8, 4) is 0 Å². The predicted octanol–water partition coefficient (Wildman–Crippen LogP) is 2.23. The number of piperazine rings is 1. The van der Waals surface area contributed by atoms with Gasteiger partial charge in [-0.1, -0.05) is 30.3 Å². The monoisotopic (exact) mass is 356 g/mol. The largest absolute Gasteiger partial charge is 0.396 e. The van der Waals surface area contributed by atoms with Gasteiger partial charge >= 0.3 is 0 Å². The van der Waals surface area contributed by atoms with Crippen LogP contribution in [-0.4, -0.2) is 63.5 Å². The quantitative estimate of drug-likeness (QED) is 0.788. The van der Waals surface area contributed by atoms with Crippen LogP contribution in [-0.2, 0) is 20.0 Å². The van der Waals surface area contributed by atoms with Gasteiger partial charge in [0.25, 0.3) is 0 Å².